The second-order valence-corrected chi connectivity index (χ2v) is 6.25. The van der Waals surface area contributed by atoms with Crippen LogP contribution in [0.15, 0.2) is 53.1 Å². The summed E-state index contributed by atoms with van der Waals surface area (Å²) in [5.74, 6) is -1.36. The molecule has 7 heteroatoms. The molecule has 0 unspecified atom stereocenters. The molecule has 3 rings (SSSR count). The van der Waals surface area contributed by atoms with Gasteiger partial charge in [0.1, 0.15) is 17.1 Å². The Bertz CT molecular complexity index is 925. The highest BCUT2D eigenvalue weighted by molar-refractivity contribution is 6.30. The maximum Gasteiger partial charge on any atom is 0.341 e. The molecule has 3 aromatic rings. The Balaban J connectivity index is 1.85. The number of carboxylic acids is 1. The molecule has 0 aliphatic heterocycles. The average Bonchev–Trinajstić information content (AvgIpc) is 3.06. The first kappa shape index (κ1) is 18.1. The van der Waals surface area contributed by atoms with Gasteiger partial charge in [0, 0.05) is 17.1 Å². The number of aromatic nitrogens is 1. The molecule has 0 radical (unpaired) electrons. The van der Waals surface area contributed by atoms with E-state index in [2.05, 4.69) is 10.5 Å². The van der Waals surface area contributed by atoms with Gasteiger partial charge in [-0.25, -0.2) is 9.18 Å². The third kappa shape index (κ3) is 3.92. The van der Waals surface area contributed by atoms with E-state index in [9.17, 15) is 14.3 Å². The molecule has 1 aromatic heterocycles. The van der Waals surface area contributed by atoms with Crippen LogP contribution in [0, 0.1) is 5.82 Å². The summed E-state index contributed by atoms with van der Waals surface area (Å²) in [6.45, 7) is 2.26. The molecule has 0 amide bonds. The quantitative estimate of drug-likeness (QED) is 0.655. The zero-order valence-corrected chi connectivity index (χ0v) is 14.6. The number of carboxylic acid groups (broad SMARTS) is 1. The van der Waals surface area contributed by atoms with Crippen LogP contribution in [-0.4, -0.2) is 16.2 Å². The summed E-state index contributed by atoms with van der Waals surface area (Å²) in [5.41, 5.74) is 1.56. The smallest absolute Gasteiger partial charge is 0.341 e. The summed E-state index contributed by atoms with van der Waals surface area (Å²) in [6.07, 6.45) is 0. The highest BCUT2D eigenvalue weighted by Gasteiger charge is 2.27. The number of aromatic carboxylic acids is 1. The van der Waals surface area contributed by atoms with E-state index in [1.54, 1.807) is 13.0 Å². The number of rotatable bonds is 6. The number of hydrogen-bond acceptors (Lipinski definition) is 4. The largest absolute Gasteiger partial charge is 0.477 e. The van der Waals surface area contributed by atoms with E-state index >= 15 is 0 Å². The van der Waals surface area contributed by atoms with Crippen molar-refractivity contribution in [1.29, 1.82) is 0 Å². The molecule has 0 bridgehead atoms. The van der Waals surface area contributed by atoms with E-state index in [4.69, 9.17) is 16.1 Å². The second-order valence-electron chi connectivity index (χ2n) is 5.81. The molecule has 0 fully saturated rings. The Morgan fingerprint density at radius 2 is 2.04 bits per heavy atom. The van der Waals surface area contributed by atoms with Gasteiger partial charge in [-0.3, -0.25) is 0 Å². The van der Waals surface area contributed by atoms with Gasteiger partial charge in [-0.1, -0.05) is 28.9 Å². The molecule has 134 valence electrons. The fraction of sp³-hybridized carbons (Fsp3) is 0.158. The van der Waals surface area contributed by atoms with Gasteiger partial charge < -0.3 is 14.9 Å². The van der Waals surface area contributed by atoms with Crippen molar-refractivity contribution in [2.45, 2.75) is 19.5 Å². The van der Waals surface area contributed by atoms with Crippen molar-refractivity contribution >= 4 is 17.6 Å². The lowest BCUT2D eigenvalue weighted by Gasteiger charge is -2.12. The number of nitrogens with one attached hydrogen (secondary N) is 1. The van der Waals surface area contributed by atoms with Gasteiger partial charge in [0.2, 0.25) is 0 Å². The molecule has 26 heavy (non-hydrogen) atoms. The van der Waals surface area contributed by atoms with Gasteiger partial charge in [0.05, 0.1) is 6.04 Å². The Labute approximate surface area is 154 Å². The summed E-state index contributed by atoms with van der Waals surface area (Å²) in [4.78, 5) is 11.7. The van der Waals surface area contributed by atoms with Crippen molar-refractivity contribution in [3.63, 3.8) is 0 Å². The molecule has 2 aromatic carbocycles. The molecule has 0 spiro atoms. The minimum atomic E-state index is -1.16. The van der Waals surface area contributed by atoms with Crippen molar-refractivity contribution in [1.82, 2.24) is 10.5 Å². The number of hydrogen-bond donors (Lipinski definition) is 2. The van der Waals surface area contributed by atoms with E-state index < -0.39 is 17.8 Å². The van der Waals surface area contributed by atoms with Gasteiger partial charge in [-0.2, -0.15) is 0 Å². The predicted octanol–water partition coefficient (Wildman–Crippen LogP) is 4.68. The van der Waals surface area contributed by atoms with Crippen LogP contribution in [0.2, 0.25) is 5.02 Å². The molecule has 1 atom stereocenters. The minimum absolute atomic E-state index is 0.0392. The molecule has 1 heterocycles. The number of benzene rings is 2. The molecule has 0 saturated heterocycles. The highest BCUT2D eigenvalue weighted by Crippen LogP contribution is 2.29. The van der Waals surface area contributed by atoms with Crippen molar-refractivity contribution in [3.8, 4) is 11.3 Å². The van der Waals surface area contributed by atoms with Crippen molar-refractivity contribution in [2.75, 3.05) is 0 Å². The first-order chi connectivity index (χ1) is 12.5. The minimum Gasteiger partial charge on any atom is -0.477 e. The first-order valence-corrected chi connectivity index (χ1v) is 8.30. The summed E-state index contributed by atoms with van der Waals surface area (Å²) < 4.78 is 18.4. The molecule has 2 N–H and O–H groups in total. The summed E-state index contributed by atoms with van der Waals surface area (Å²) in [7, 11) is 0. The van der Waals surface area contributed by atoms with Crippen LogP contribution in [0.3, 0.4) is 0 Å². The number of carbonyl (C=O) groups is 1. The van der Waals surface area contributed by atoms with E-state index in [0.717, 1.165) is 5.56 Å². The monoisotopic (exact) mass is 374 g/mol. The van der Waals surface area contributed by atoms with Crippen molar-refractivity contribution in [2.24, 2.45) is 0 Å². The Morgan fingerprint density at radius 1 is 1.31 bits per heavy atom. The topological polar surface area (TPSA) is 75.4 Å². The van der Waals surface area contributed by atoms with Gasteiger partial charge in [0.25, 0.3) is 0 Å². The lowest BCUT2D eigenvalue weighted by molar-refractivity contribution is 0.0694. The van der Waals surface area contributed by atoms with E-state index in [0.29, 0.717) is 17.1 Å². The maximum atomic E-state index is 13.1. The lowest BCUT2D eigenvalue weighted by atomic mass is 10.0. The fourth-order valence-corrected chi connectivity index (χ4v) is 2.83. The first-order valence-electron chi connectivity index (χ1n) is 7.92. The van der Waals surface area contributed by atoms with Crippen LogP contribution in [0.4, 0.5) is 4.39 Å². The van der Waals surface area contributed by atoms with Crippen LogP contribution >= 0.6 is 11.6 Å². The second kappa shape index (κ2) is 7.68. The van der Waals surface area contributed by atoms with Crippen LogP contribution in [-0.2, 0) is 6.54 Å². The molecule has 0 aliphatic carbocycles. The van der Waals surface area contributed by atoms with E-state index in [1.807, 2.05) is 18.2 Å². The summed E-state index contributed by atoms with van der Waals surface area (Å²) in [5, 5.41) is 17.3. The van der Waals surface area contributed by atoms with Crippen LogP contribution in [0.25, 0.3) is 11.3 Å². The molecule has 0 aliphatic rings. The average molecular weight is 375 g/mol. The van der Waals surface area contributed by atoms with Gasteiger partial charge >= 0.3 is 5.97 Å². The maximum absolute atomic E-state index is 13.1. The molecule has 0 saturated carbocycles. The highest BCUT2D eigenvalue weighted by atomic mass is 35.5. The van der Waals surface area contributed by atoms with Crippen LogP contribution in [0.1, 0.15) is 34.6 Å². The zero-order valence-electron chi connectivity index (χ0n) is 13.9. The van der Waals surface area contributed by atoms with Gasteiger partial charge in [-0.15, -0.1) is 0 Å². The van der Waals surface area contributed by atoms with Crippen LogP contribution < -0.4 is 5.32 Å². The Hall–Kier alpha value is -2.70. The zero-order chi connectivity index (χ0) is 18.7. The Morgan fingerprint density at radius 3 is 2.69 bits per heavy atom. The number of nitrogens with zero attached hydrogens (tertiary/aromatic N) is 1. The standard InChI is InChI=1S/C19H16ClFN2O3/c1-11(22-10-12-3-2-4-14(20)9-12)18-16(19(24)25)17(23-26-18)13-5-7-15(21)8-6-13/h2-9,11,22H,10H2,1H3,(H,24,25)/t11-/m1/s1. The third-order valence-electron chi connectivity index (χ3n) is 3.94. The molecule has 5 nitrogen and oxygen atoms in total. The normalized spacial score (nSPS) is 12.1. The van der Waals surface area contributed by atoms with E-state index in [1.165, 1.54) is 24.3 Å². The van der Waals surface area contributed by atoms with Crippen molar-refractivity contribution < 1.29 is 18.8 Å². The predicted molar refractivity (Wildman–Crippen MR) is 95.6 cm³/mol. The van der Waals surface area contributed by atoms with Crippen LogP contribution in [0.5, 0.6) is 0 Å². The molecular formula is C19H16ClFN2O3. The van der Waals surface area contributed by atoms with Crippen molar-refractivity contribution in [3.05, 3.63) is 76.3 Å². The SMILES string of the molecule is C[C@@H](NCc1cccc(Cl)c1)c1onc(-c2ccc(F)cc2)c1C(=O)O. The summed E-state index contributed by atoms with van der Waals surface area (Å²) >= 11 is 5.97. The Kier molecular flexibility index (Phi) is 5.35. The van der Waals surface area contributed by atoms with E-state index in [-0.39, 0.29) is 17.0 Å². The summed E-state index contributed by atoms with van der Waals surface area (Å²) in [6, 6.07) is 12.4. The molecular weight excluding hydrogens is 359 g/mol. The van der Waals surface area contributed by atoms with Gasteiger partial charge in [-0.05, 0) is 48.9 Å². The fourth-order valence-electron chi connectivity index (χ4n) is 2.62. The lowest BCUT2D eigenvalue weighted by Crippen LogP contribution is -2.19. The number of halogens is 2. The van der Waals surface area contributed by atoms with Gasteiger partial charge in [0.15, 0.2) is 5.76 Å². The third-order valence-corrected chi connectivity index (χ3v) is 4.18.